The highest BCUT2D eigenvalue weighted by Gasteiger charge is 2.20. The van der Waals surface area contributed by atoms with Gasteiger partial charge in [0.25, 0.3) is 5.69 Å². The lowest BCUT2D eigenvalue weighted by Gasteiger charge is -2.17. The van der Waals surface area contributed by atoms with Crippen molar-refractivity contribution in [1.82, 2.24) is 0 Å². The minimum atomic E-state index is -0.364. The van der Waals surface area contributed by atoms with E-state index in [1.807, 2.05) is 12.1 Å². The molecule has 1 saturated carbocycles. The molecule has 23 heavy (non-hydrogen) atoms. The minimum absolute atomic E-state index is 0.0875. The highest BCUT2D eigenvalue weighted by molar-refractivity contribution is 5.75. The third kappa shape index (κ3) is 3.28. The first kappa shape index (κ1) is 15.3. The van der Waals surface area contributed by atoms with Crippen LogP contribution < -0.4 is 9.47 Å². The molecule has 0 spiro atoms. The highest BCUT2D eigenvalue weighted by atomic mass is 16.6. The van der Waals surface area contributed by atoms with Crippen LogP contribution in [-0.2, 0) is 0 Å². The van der Waals surface area contributed by atoms with Crippen LogP contribution in [0.1, 0.15) is 25.7 Å². The smallest absolute Gasteiger partial charge is 0.277 e. The standard InChI is InChI=1S/C18H19NO4/c1-22-17-11-10-13(12-18(17)23-14-6-2-3-7-14)15-8-4-5-9-16(15)19(20)21/h4-5,8-12,14H,2-3,6-7H2,1H3. The first-order valence-corrected chi connectivity index (χ1v) is 7.77. The van der Waals surface area contributed by atoms with Crippen LogP contribution in [0.15, 0.2) is 42.5 Å². The summed E-state index contributed by atoms with van der Waals surface area (Å²) < 4.78 is 11.4. The summed E-state index contributed by atoms with van der Waals surface area (Å²) in [5.74, 6) is 1.30. The van der Waals surface area contributed by atoms with Crippen molar-refractivity contribution >= 4 is 5.69 Å². The van der Waals surface area contributed by atoms with Crippen molar-refractivity contribution in [3.05, 3.63) is 52.6 Å². The Hall–Kier alpha value is -2.56. The van der Waals surface area contributed by atoms with Crippen molar-refractivity contribution in [1.29, 1.82) is 0 Å². The second-order valence-electron chi connectivity index (χ2n) is 5.66. The average Bonchev–Trinajstić information content (AvgIpc) is 3.08. The first-order chi connectivity index (χ1) is 11.2. The second-order valence-corrected chi connectivity index (χ2v) is 5.66. The quantitative estimate of drug-likeness (QED) is 0.598. The van der Waals surface area contributed by atoms with E-state index in [0.717, 1.165) is 18.4 Å². The maximum Gasteiger partial charge on any atom is 0.277 e. The predicted molar refractivity (Wildman–Crippen MR) is 88.0 cm³/mol. The Balaban J connectivity index is 1.99. The second kappa shape index (κ2) is 6.69. The number of ether oxygens (including phenoxy) is 2. The predicted octanol–water partition coefficient (Wildman–Crippen LogP) is 4.59. The third-order valence-corrected chi connectivity index (χ3v) is 4.17. The molecular formula is C18H19NO4. The van der Waals surface area contributed by atoms with E-state index in [0.29, 0.717) is 17.1 Å². The Morgan fingerprint density at radius 3 is 2.52 bits per heavy atom. The number of rotatable bonds is 5. The molecule has 1 aliphatic rings. The monoisotopic (exact) mass is 313 g/mol. The number of benzene rings is 2. The highest BCUT2D eigenvalue weighted by Crippen LogP contribution is 2.37. The molecule has 1 aliphatic carbocycles. The lowest BCUT2D eigenvalue weighted by atomic mass is 10.0. The SMILES string of the molecule is COc1ccc(-c2ccccc2[N+](=O)[O-])cc1OC1CCCC1. The first-order valence-electron chi connectivity index (χ1n) is 7.77. The van der Waals surface area contributed by atoms with Gasteiger partial charge in [0.1, 0.15) is 0 Å². The number of nitrogens with zero attached hydrogens (tertiary/aromatic N) is 1. The molecule has 1 fully saturated rings. The Morgan fingerprint density at radius 2 is 1.83 bits per heavy atom. The van der Waals surface area contributed by atoms with Gasteiger partial charge in [-0.05, 0) is 49.4 Å². The van der Waals surface area contributed by atoms with Crippen LogP contribution in [0.4, 0.5) is 5.69 Å². The molecule has 0 unspecified atom stereocenters. The van der Waals surface area contributed by atoms with Gasteiger partial charge in [0, 0.05) is 6.07 Å². The van der Waals surface area contributed by atoms with Crippen molar-refractivity contribution in [2.24, 2.45) is 0 Å². The number of hydrogen-bond donors (Lipinski definition) is 0. The molecule has 3 rings (SSSR count). The maximum atomic E-state index is 11.2. The van der Waals surface area contributed by atoms with Gasteiger partial charge in [-0.1, -0.05) is 18.2 Å². The number of para-hydroxylation sites is 1. The van der Waals surface area contributed by atoms with E-state index in [9.17, 15) is 10.1 Å². The number of nitro benzene ring substituents is 1. The molecule has 0 radical (unpaired) electrons. The molecule has 120 valence electrons. The van der Waals surface area contributed by atoms with Crippen molar-refractivity contribution in [2.75, 3.05) is 7.11 Å². The largest absolute Gasteiger partial charge is 0.493 e. The molecule has 0 amide bonds. The molecule has 0 atom stereocenters. The third-order valence-electron chi connectivity index (χ3n) is 4.17. The number of nitro groups is 1. The zero-order valence-electron chi connectivity index (χ0n) is 13.0. The van der Waals surface area contributed by atoms with Crippen molar-refractivity contribution < 1.29 is 14.4 Å². The Kier molecular flexibility index (Phi) is 4.46. The Bertz CT molecular complexity index is 708. The van der Waals surface area contributed by atoms with Gasteiger partial charge in [0.05, 0.1) is 23.7 Å². The van der Waals surface area contributed by atoms with Crippen LogP contribution >= 0.6 is 0 Å². The van der Waals surface area contributed by atoms with Gasteiger partial charge in [0.15, 0.2) is 11.5 Å². The summed E-state index contributed by atoms with van der Waals surface area (Å²) >= 11 is 0. The molecule has 2 aromatic carbocycles. The van der Waals surface area contributed by atoms with Crippen LogP contribution in [0, 0.1) is 10.1 Å². The maximum absolute atomic E-state index is 11.2. The van der Waals surface area contributed by atoms with Crippen molar-refractivity contribution in [3.63, 3.8) is 0 Å². The van der Waals surface area contributed by atoms with E-state index in [1.54, 1.807) is 31.4 Å². The van der Waals surface area contributed by atoms with Crippen molar-refractivity contribution in [2.45, 2.75) is 31.8 Å². The summed E-state index contributed by atoms with van der Waals surface area (Å²) in [6.07, 6.45) is 4.63. The molecule has 5 heteroatoms. The fourth-order valence-electron chi connectivity index (χ4n) is 3.00. The summed E-state index contributed by atoms with van der Waals surface area (Å²) in [5.41, 5.74) is 1.42. The summed E-state index contributed by atoms with van der Waals surface area (Å²) in [4.78, 5) is 10.9. The van der Waals surface area contributed by atoms with Gasteiger partial charge in [-0.25, -0.2) is 0 Å². The topological polar surface area (TPSA) is 61.6 Å². The zero-order chi connectivity index (χ0) is 16.2. The summed E-state index contributed by atoms with van der Waals surface area (Å²) in [5, 5.41) is 11.2. The van der Waals surface area contributed by atoms with E-state index in [2.05, 4.69) is 0 Å². The Morgan fingerprint density at radius 1 is 1.09 bits per heavy atom. The molecule has 0 heterocycles. The van der Waals surface area contributed by atoms with E-state index in [4.69, 9.17) is 9.47 Å². The molecule has 0 N–H and O–H groups in total. The lowest BCUT2D eigenvalue weighted by molar-refractivity contribution is -0.384. The van der Waals surface area contributed by atoms with Gasteiger partial charge in [-0.2, -0.15) is 0 Å². The zero-order valence-corrected chi connectivity index (χ0v) is 13.0. The van der Waals surface area contributed by atoms with Crippen LogP contribution in [-0.4, -0.2) is 18.1 Å². The normalized spacial score (nSPS) is 14.7. The molecular weight excluding hydrogens is 294 g/mol. The molecule has 5 nitrogen and oxygen atoms in total. The van der Waals surface area contributed by atoms with E-state index < -0.39 is 0 Å². The van der Waals surface area contributed by atoms with Gasteiger partial charge < -0.3 is 9.47 Å². The molecule has 0 aliphatic heterocycles. The molecule has 0 saturated heterocycles. The summed E-state index contributed by atoms with van der Waals surface area (Å²) in [6, 6.07) is 12.2. The van der Waals surface area contributed by atoms with Crippen LogP contribution in [0.3, 0.4) is 0 Å². The molecule has 0 aromatic heterocycles. The molecule has 2 aromatic rings. The van der Waals surface area contributed by atoms with Gasteiger partial charge in [0.2, 0.25) is 0 Å². The van der Waals surface area contributed by atoms with Gasteiger partial charge >= 0.3 is 0 Å². The summed E-state index contributed by atoms with van der Waals surface area (Å²) in [7, 11) is 1.60. The fourth-order valence-corrected chi connectivity index (χ4v) is 3.00. The van der Waals surface area contributed by atoms with Crippen molar-refractivity contribution in [3.8, 4) is 22.6 Å². The average molecular weight is 313 g/mol. The van der Waals surface area contributed by atoms with Gasteiger partial charge in [-0.3, -0.25) is 10.1 Å². The van der Waals surface area contributed by atoms with Crippen LogP contribution in [0.25, 0.3) is 11.1 Å². The summed E-state index contributed by atoms with van der Waals surface area (Å²) in [6.45, 7) is 0. The Labute approximate surface area is 135 Å². The van der Waals surface area contributed by atoms with E-state index in [1.165, 1.54) is 18.9 Å². The van der Waals surface area contributed by atoms with Crippen LogP contribution in [0.5, 0.6) is 11.5 Å². The number of hydrogen-bond acceptors (Lipinski definition) is 4. The fraction of sp³-hybridized carbons (Fsp3) is 0.333. The van der Waals surface area contributed by atoms with E-state index in [-0.39, 0.29) is 16.7 Å². The van der Waals surface area contributed by atoms with E-state index >= 15 is 0 Å². The minimum Gasteiger partial charge on any atom is -0.493 e. The van der Waals surface area contributed by atoms with Gasteiger partial charge in [-0.15, -0.1) is 0 Å². The number of methoxy groups -OCH3 is 1. The molecule has 0 bridgehead atoms. The lowest BCUT2D eigenvalue weighted by Crippen LogP contribution is -2.11. The van der Waals surface area contributed by atoms with Crippen LogP contribution in [0.2, 0.25) is 0 Å².